The summed E-state index contributed by atoms with van der Waals surface area (Å²) in [6, 6.07) is 11.4. The van der Waals surface area contributed by atoms with Gasteiger partial charge in [0.1, 0.15) is 0 Å². The Balaban J connectivity index is 1.60. The van der Waals surface area contributed by atoms with Crippen LogP contribution in [0.25, 0.3) is 0 Å². The lowest BCUT2D eigenvalue weighted by molar-refractivity contribution is 0.0599. The molecule has 1 unspecified atom stereocenters. The second-order valence-electron chi connectivity index (χ2n) is 8.34. The van der Waals surface area contributed by atoms with Crippen molar-refractivity contribution in [3.05, 3.63) is 59.2 Å². The number of hydrogen-bond donors (Lipinski definition) is 0. The molecular formula is C24H28N2O5S. The zero-order chi connectivity index (χ0) is 22.9. The summed E-state index contributed by atoms with van der Waals surface area (Å²) in [5.41, 5.74) is 2.38. The smallest absolute Gasteiger partial charge is 0.338 e. The van der Waals surface area contributed by atoms with Crippen LogP contribution in [0, 0.1) is 0 Å². The zero-order valence-corrected chi connectivity index (χ0v) is 19.2. The molecule has 1 amide bonds. The van der Waals surface area contributed by atoms with Crippen molar-refractivity contribution in [2.24, 2.45) is 0 Å². The summed E-state index contributed by atoms with van der Waals surface area (Å²) in [5, 5.41) is 0. The van der Waals surface area contributed by atoms with Gasteiger partial charge in [0.25, 0.3) is 5.91 Å². The summed E-state index contributed by atoms with van der Waals surface area (Å²) < 4.78 is 32.6. The van der Waals surface area contributed by atoms with Crippen LogP contribution < -0.4 is 4.90 Å². The minimum atomic E-state index is -3.59. The highest BCUT2D eigenvalue weighted by Gasteiger charge is 2.32. The third-order valence-electron chi connectivity index (χ3n) is 6.35. The Morgan fingerprint density at radius 1 is 1.00 bits per heavy atom. The molecule has 2 heterocycles. The average Bonchev–Trinajstić information content (AvgIpc) is 2.82. The number of methoxy groups -OCH3 is 1. The van der Waals surface area contributed by atoms with E-state index in [9.17, 15) is 18.0 Å². The molecule has 170 valence electrons. The van der Waals surface area contributed by atoms with E-state index in [2.05, 4.69) is 0 Å². The number of amides is 1. The largest absolute Gasteiger partial charge is 0.465 e. The highest BCUT2D eigenvalue weighted by Crippen LogP contribution is 2.32. The molecule has 0 aliphatic carbocycles. The lowest BCUT2D eigenvalue weighted by Crippen LogP contribution is -2.41. The molecule has 0 N–H and O–H groups in total. The quantitative estimate of drug-likeness (QED) is 0.656. The zero-order valence-electron chi connectivity index (χ0n) is 18.4. The summed E-state index contributed by atoms with van der Waals surface area (Å²) in [7, 11) is -2.25. The van der Waals surface area contributed by atoms with Crippen molar-refractivity contribution in [3.8, 4) is 0 Å². The molecule has 2 aliphatic rings. The minimum absolute atomic E-state index is 0.0242. The summed E-state index contributed by atoms with van der Waals surface area (Å²) in [5.74, 6) is -0.638. The molecule has 2 aromatic carbocycles. The van der Waals surface area contributed by atoms with Gasteiger partial charge in [-0.1, -0.05) is 12.5 Å². The topological polar surface area (TPSA) is 84.0 Å². The fraction of sp³-hybridized carbons (Fsp3) is 0.417. The minimum Gasteiger partial charge on any atom is -0.465 e. The fourth-order valence-electron chi connectivity index (χ4n) is 4.63. The fourth-order valence-corrected chi connectivity index (χ4v) is 6.33. The van der Waals surface area contributed by atoms with Crippen LogP contribution in [-0.4, -0.2) is 50.8 Å². The molecule has 1 fully saturated rings. The van der Waals surface area contributed by atoms with Crippen LogP contribution in [0.2, 0.25) is 0 Å². The molecule has 0 spiro atoms. The number of ether oxygens (including phenoxy) is 1. The number of nitrogens with zero attached hydrogens (tertiary/aromatic N) is 2. The molecule has 0 saturated carbocycles. The van der Waals surface area contributed by atoms with Gasteiger partial charge in [-0.2, -0.15) is 4.31 Å². The molecule has 2 aliphatic heterocycles. The Morgan fingerprint density at radius 3 is 2.44 bits per heavy atom. The Kier molecular flexibility index (Phi) is 6.35. The summed E-state index contributed by atoms with van der Waals surface area (Å²) in [6.45, 7) is 2.99. The SMILES string of the molecule is COC(=O)c1cccc2c1CCCN2C(=O)c1ccc(S(=O)(=O)N2CCCCC2C)cc1. The summed E-state index contributed by atoms with van der Waals surface area (Å²) in [4.78, 5) is 27.3. The number of rotatable bonds is 4. The number of esters is 1. The molecule has 7 nitrogen and oxygen atoms in total. The van der Waals surface area contributed by atoms with Gasteiger partial charge in [-0.15, -0.1) is 0 Å². The predicted molar refractivity (Wildman–Crippen MR) is 121 cm³/mol. The van der Waals surface area contributed by atoms with E-state index in [-0.39, 0.29) is 16.8 Å². The van der Waals surface area contributed by atoms with E-state index in [1.165, 1.54) is 19.2 Å². The van der Waals surface area contributed by atoms with Crippen molar-refractivity contribution in [1.82, 2.24) is 4.31 Å². The number of piperidine rings is 1. The Bertz CT molecular complexity index is 1130. The van der Waals surface area contributed by atoms with E-state index >= 15 is 0 Å². The van der Waals surface area contributed by atoms with E-state index < -0.39 is 16.0 Å². The van der Waals surface area contributed by atoms with E-state index in [0.717, 1.165) is 31.2 Å². The maximum absolute atomic E-state index is 13.3. The molecule has 0 aromatic heterocycles. The number of hydrogen-bond acceptors (Lipinski definition) is 5. The first kappa shape index (κ1) is 22.5. The first-order valence-electron chi connectivity index (χ1n) is 11.0. The van der Waals surface area contributed by atoms with Crippen molar-refractivity contribution in [2.75, 3.05) is 25.1 Å². The van der Waals surface area contributed by atoms with Gasteiger partial charge in [-0.25, -0.2) is 13.2 Å². The lowest BCUT2D eigenvalue weighted by atomic mass is 9.95. The molecule has 32 heavy (non-hydrogen) atoms. The standard InChI is InChI=1S/C24H28N2O5S/c1-17-7-3-4-16-26(17)32(29,30)19-13-11-18(12-14-19)23(27)25-15-6-9-20-21(24(28)31-2)8-5-10-22(20)25/h5,8,10-14,17H,3-4,6-7,9,15-16H2,1-2H3. The second kappa shape index (κ2) is 9.03. The Morgan fingerprint density at radius 2 is 1.75 bits per heavy atom. The molecule has 1 saturated heterocycles. The Labute approximate surface area is 189 Å². The van der Waals surface area contributed by atoms with Gasteiger partial charge in [0.15, 0.2) is 0 Å². The number of sulfonamides is 1. The molecule has 0 radical (unpaired) electrons. The highest BCUT2D eigenvalue weighted by atomic mass is 32.2. The van der Waals surface area contributed by atoms with Crippen LogP contribution in [0.15, 0.2) is 47.4 Å². The third kappa shape index (κ3) is 4.04. The van der Waals surface area contributed by atoms with E-state index in [1.807, 2.05) is 13.0 Å². The van der Waals surface area contributed by atoms with Gasteiger partial charge >= 0.3 is 5.97 Å². The number of benzene rings is 2. The van der Waals surface area contributed by atoms with Crippen LogP contribution in [0.4, 0.5) is 5.69 Å². The first-order valence-corrected chi connectivity index (χ1v) is 12.4. The van der Waals surface area contributed by atoms with Crippen LogP contribution >= 0.6 is 0 Å². The van der Waals surface area contributed by atoms with Crippen LogP contribution in [0.5, 0.6) is 0 Å². The molecule has 2 aromatic rings. The van der Waals surface area contributed by atoms with E-state index in [4.69, 9.17) is 4.74 Å². The highest BCUT2D eigenvalue weighted by molar-refractivity contribution is 7.89. The van der Waals surface area contributed by atoms with Gasteiger partial charge < -0.3 is 9.64 Å². The van der Waals surface area contributed by atoms with E-state index in [0.29, 0.717) is 36.3 Å². The van der Waals surface area contributed by atoms with Crippen molar-refractivity contribution in [2.45, 2.75) is 50.0 Å². The van der Waals surface area contributed by atoms with Crippen molar-refractivity contribution in [1.29, 1.82) is 0 Å². The normalized spacial score (nSPS) is 19.3. The third-order valence-corrected chi connectivity index (χ3v) is 8.38. The summed E-state index contributed by atoms with van der Waals surface area (Å²) in [6.07, 6.45) is 4.18. The number of carbonyl (C=O) groups is 2. The van der Waals surface area contributed by atoms with Gasteiger partial charge in [0.05, 0.1) is 17.6 Å². The van der Waals surface area contributed by atoms with Crippen LogP contribution in [-0.2, 0) is 21.2 Å². The molecule has 0 bridgehead atoms. The average molecular weight is 457 g/mol. The van der Waals surface area contributed by atoms with Gasteiger partial charge in [-0.3, -0.25) is 4.79 Å². The van der Waals surface area contributed by atoms with Crippen LogP contribution in [0.1, 0.15) is 58.9 Å². The van der Waals surface area contributed by atoms with Gasteiger partial charge in [-0.05, 0) is 74.6 Å². The van der Waals surface area contributed by atoms with Gasteiger partial charge in [0.2, 0.25) is 10.0 Å². The monoisotopic (exact) mass is 456 g/mol. The number of anilines is 1. The van der Waals surface area contributed by atoms with Crippen molar-refractivity contribution < 1.29 is 22.7 Å². The lowest BCUT2D eigenvalue weighted by Gasteiger charge is -2.32. The Hall–Kier alpha value is -2.71. The van der Waals surface area contributed by atoms with Gasteiger partial charge in [0, 0.05) is 30.4 Å². The summed E-state index contributed by atoms with van der Waals surface area (Å²) >= 11 is 0. The molecular weight excluding hydrogens is 428 g/mol. The van der Waals surface area contributed by atoms with E-state index in [1.54, 1.807) is 33.5 Å². The van der Waals surface area contributed by atoms with Crippen molar-refractivity contribution >= 4 is 27.6 Å². The molecule has 1 atom stereocenters. The second-order valence-corrected chi connectivity index (χ2v) is 10.2. The number of carbonyl (C=O) groups excluding carboxylic acids is 2. The first-order chi connectivity index (χ1) is 15.3. The number of fused-ring (bicyclic) bond motifs is 1. The maximum Gasteiger partial charge on any atom is 0.338 e. The van der Waals surface area contributed by atoms with Crippen LogP contribution in [0.3, 0.4) is 0 Å². The molecule has 4 rings (SSSR count). The maximum atomic E-state index is 13.3. The molecule has 8 heteroatoms. The predicted octanol–water partition coefficient (Wildman–Crippen LogP) is 3.63. The van der Waals surface area contributed by atoms with Crippen molar-refractivity contribution in [3.63, 3.8) is 0 Å².